The quantitative estimate of drug-likeness (QED) is 0.731. The standard InChI is InChI=1S/C9H17N3O3S/c1-3-16(13,14)6-8(2)10-5-4-9-11-7-15-12-9/h7-8,10H,3-6H2,1-2H3. The Morgan fingerprint density at radius 3 is 2.88 bits per heavy atom. The van der Waals surface area contributed by atoms with Gasteiger partial charge in [-0.2, -0.15) is 4.98 Å². The maximum atomic E-state index is 11.3. The molecule has 1 N–H and O–H groups in total. The van der Waals surface area contributed by atoms with Crippen LogP contribution < -0.4 is 5.32 Å². The number of hydrogen-bond donors (Lipinski definition) is 1. The molecule has 1 heterocycles. The second-order valence-corrected chi connectivity index (χ2v) is 6.05. The lowest BCUT2D eigenvalue weighted by Crippen LogP contribution is -2.35. The van der Waals surface area contributed by atoms with Crippen LogP contribution in [-0.2, 0) is 16.3 Å². The van der Waals surface area contributed by atoms with Crippen molar-refractivity contribution in [1.29, 1.82) is 0 Å². The SMILES string of the molecule is CCS(=O)(=O)CC(C)NCCc1ncon1. The van der Waals surface area contributed by atoms with Gasteiger partial charge in [0.15, 0.2) is 15.7 Å². The first-order valence-electron chi connectivity index (χ1n) is 5.22. The smallest absolute Gasteiger partial charge is 0.213 e. The van der Waals surface area contributed by atoms with Crippen molar-refractivity contribution in [2.24, 2.45) is 0 Å². The molecule has 0 saturated heterocycles. The molecule has 0 saturated carbocycles. The lowest BCUT2D eigenvalue weighted by Gasteiger charge is -2.12. The molecule has 1 rings (SSSR count). The van der Waals surface area contributed by atoms with E-state index in [4.69, 9.17) is 0 Å². The molecule has 0 aliphatic carbocycles. The van der Waals surface area contributed by atoms with Gasteiger partial charge >= 0.3 is 0 Å². The maximum absolute atomic E-state index is 11.3. The third-order valence-corrected chi connectivity index (χ3v) is 4.08. The minimum absolute atomic E-state index is 0.0585. The molecule has 0 amide bonds. The molecule has 0 aliphatic rings. The van der Waals surface area contributed by atoms with E-state index in [0.29, 0.717) is 18.8 Å². The van der Waals surface area contributed by atoms with Crippen LogP contribution in [0.25, 0.3) is 0 Å². The average molecular weight is 247 g/mol. The van der Waals surface area contributed by atoms with E-state index in [1.807, 2.05) is 6.92 Å². The van der Waals surface area contributed by atoms with Gasteiger partial charge < -0.3 is 9.84 Å². The van der Waals surface area contributed by atoms with E-state index in [0.717, 1.165) is 0 Å². The third-order valence-electron chi connectivity index (χ3n) is 2.19. The minimum Gasteiger partial charge on any atom is -0.343 e. The summed E-state index contributed by atoms with van der Waals surface area (Å²) < 4.78 is 27.2. The van der Waals surface area contributed by atoms with Crippen LogP contribution in [0.5, 0.6) is 0 Å². The Balaban J connectivity index is 2.23. The minimum atomic E-state index is -2.92. The molecule has 1 unspecified atom stereocenters. The first kappa shape index (κ1) is 13.1. The van der Waals surface area contributed by atoms with Gasteiger partial charge in [-0.1, -0.05) is 12.1 Å². The molecule has 6 nitrogen and oxygen atoms in total. The van der Waals surface area contributed by atoms with Gasteiger partial charge in [0.1, 0.15) is 0 Å². The summed E-state index contributed by atoms with van der Waals surface area (Å²) in [6.45, 7) is 4.14. The van der Waals surface area contributed by atoms with E-state index in [9.17, 15) is 8.42 Å². The van der Waals surface area contributed by atoms with Crippen LogP contribution in [-0.4, -0.2) is 42.7 Å². The van der Waals surface area contributed by atoms with Crippen LogP contribution in [0.2, 0.25) is 0 Å². The Morgan fingerprint density at radius 2 is 2.31 bits per heavy atom. The monoisotopic (exact) mass is 247 g/mol. The summed E-state index contributed by atoms with van der Waals surface area (Å²) in [5.41, 5.74) is 0. The van der Waals surface area contributed by atoms with E-state index in [1.165, 1.54) is 6.39 Å². The molecule has 1 atom stereocenters. The Kier molecular flexibility index (Phi) is 4.88. The van der Waals surface area contributed by atoms with E-state index < -0.39 is 9.84 Å². The summed E-state index contributed by atoms with van der Waals surface area (Å²) in [4.78, 5) is 3.87. The van der Waals surface area contributed by atoms with Crippen molar-refractivity contribution >= 4 is 9.84 Å². The summed E-state index contributed by atoms with van der Waals surface area (Å²) in [6.07, 6.45) is 1.91. The van der Waals surface area contributed by atoms with Gasteiger partial charge in [-0.05, 0) is 6.92 Å². The van der Waals surface area contributed by atoms with Crippen molar-refractivity contribution in [3.05, 3.63) is 12.2 Å². The van der Waals surface area contributed by atoms with Gasteiger partial charge in [0.25, 0.3) is 0 Å². The molecule has 16 heavy (non-hydrogen) atoms. The number of nitrogens with one attached hydrogen (secondary N) is 1. The topological polar surface area (TPSA) is 85.1 Å². The molecule has 92 valence electrons. The first-order valence-corrected chi connectivity index (χ1v) is 7.04. The number of sulfone groups is 1. The molecule has 0 spiro atoms. The molecule has 0 bridgehead atoms. The van der Waals surface area contributed by atoms with E-state index in [-0.39, 0.29) is 17.5 Å². The van der Waals surface area contributed by atoms with Gasteiger partial charge in [0, 0.05) is 24.8 Å². The van der Waals surface area contributed by atoms with Crippen molar-refractivity contribution in [2.45, 2.75) is 26.3 Å². The van der Waals surface area contributed by atoms with Crippen molar-refractivity contribution in [1.82, 2.24) is 15.5 Å². The highest BCUT2D eigenvalue weighted by atomic mass is 32.2. The van der Waals surface area contributed by atoms with Crippen LogP contribution in [0.15, 0.2) is 10.9 Å². The van der Waals surface area contributed by atoms with Crippen molar-refractivity contribution in [3.63, 3.8) is 0 Å². The number of rotatable bonds is 7. The molecule has 0 radical (unpaired) electrons. The molecular formula is C9H17N3O3S. The molecule has 0 fully saturated rings. The molecule has 0 aromatic carbocycles. The van der Waals surface area contributed by atoms with E-state index in [1.54, 1.807) is 6.92 Å². The van der Waals surface area contributed by atoms with Crippen molar-refractivity contribution in [3.8, 4) is 0 Å². The van der Waals surface area contributed by atoms with Crippen LogP contribution >= 0.6 is 0 Å². The van der Waals surface area contributed by atoms with Crippen LogP contribution in [0.4, 0.5) is 0 Å². The number of hydrogen-bond acceptors (Lipinski definition) is 6. The summed E-state index contributed by atoms with van der Waals surface area (Å²) >= 11 is 0. The lowest BCUT2D eigenvalue weighted by atomic mass is 10.3. The highest BCUT2D eigenvalue weighted by molar-refractivity contribution is 7.91. The largest absolute Gasteiger partial charge is 0.343 e. The lowest BCUT2D eigenvalue weighted by molar-refractivity contribution is 0.408. The van der Waals surface area contributed by atoms with Crippen LogP contribution in [0.1, 0.15) is 19.7 Å². The highest BCUT2D eigenvalue weighted by Crippen LogP contribution is 1.95. The summed E-state index contributed by atoms with van der Waals surface area (Å²) in [7, 11) is -2.92. The summed E-state index contributed by atoms with van der Waals surface area (Å²) in [6, 6.07) is -0.0585. The predicted octanol–water partition coefficient (Wildman–Crippen LogP) is 0.0249. The van der Waals surface area contributed by atoms with Crippen LogP contribution in [0.3, 0.4) is 0 Å². The Hall–Kier alpha value is -0.950. The predicted molar refractivity (Wildman–Crippen MR) is 59.8 cm³/mol. The van der Waals surface area contributed by atoms with Gasteiger partial charge in [-0.3, -0.25) is 0 Å². The average Bonchev–Trinajstić information content (AvgIpc) is 2.70. The van der Waals surface area contributed by atoms with Crippen molar-refractivity contribution < 1.29 is 12.9 Å². The molecule has 1 aromatic heterocycles. The normalized spacial score (nSPS) is 13.9. The zero-order chi connectivity index (χ0) is 12.0. The Morgan fingerprint density at radius 1 is 1.56 bits per heavy atom. The fourth-order valence-corrected chi connectivity index (χ4v) is 2.41. The van der Waals surface area contributed by atoms with Crippen LogP contribution in [0, 0.1) is 0 Å². The maximum Gasteiger partial charge on any atom is 0.213 e. The van der Waals surface area contributed by atoms with Gasteiger partial charge in [0.05, 0.1) is 5.75 Å². The number of nitrogens with zero attached hydrogens (tertiary/aromatic N) is 2. The Bertz CT molecular complexity index is 388. The van der Waals surface area contributed by atoms with Crippen molar-refractivity contribution in [2.75, 3.05) is 18.1 Å². The third kappa shape index (κ3) is 4.71. The van der Waals surface area contributed by atoms with E-state index >= 15 is 0 Å². The first-order chi connectivity index (χ1) is 7.53. The zero-order valence-corrected chi connectivity index (χ0v) is 10.3. The molecule has 0 aliphatic heterocycles. The fraction of sp³-hybridized carbons (Fsp3) is 0.778. The van der Waals surface area contributed by atoms with Gasteiger partial charge in [-0.15, -0.1) is 0 Å². The number of aromatic nitrogens is 2. The van der Waals surface area contributed by atoms with Gasteiger partial charge in [0.2, 0.25) is 6.39 Å². The Labute approximate surface area is 95.3 Å². The molecule has 7 heteroatoms. The van der Waals surface area contributed by atoms with Gasteiger partial charge in [-0.25, -0.2) is 8.42 Å². The van der Waals surface area contributed by atoms with E-state index in [2.05, 4.69) is 20.0 Å². The highest BCUT2D eigenvalue weighted by Gasteiger charge is 2.12. The second kappa shape index (κ2) is 5.95. The second-order valence-electron chi connectivity index (χ2n) is 3.65. The summed E-state index contributed by atoms with van der Waals surface area (Å²) in [5, 5.41) is 6.77. The zero-order valence-electron chi connectivity index (χ0n) is 9.51. The summed E-state index contributed by atoms with van der Waals surface area (Å²) in [5.74, 6) is 0.970. The molecule has 1 aromatic rings. The fourth-order valence-electron chi connectivity index (χ4n) is 1.29. The molecular weight excluding hydrogens is 230 g/mol.